The van der Waals surface area contributed by atoms with Crippen LogP contribution in [0.25, 0.3) is 33.8 Å². The fourth-order valence-corrected chi connectivity index (χ4v) is 4.66. The first kappa shape index (κ1) is 36.5. The zero-order chi connectivity index (χ0) is 35.9. The molecule has 12 heteroatoms. The van der Waals surface area contributed by atoms with Crippen LogP contribution in [-0.4, -0.2) is 67.5 Å². The van der Waals surface area contributed by atoms with E-state index in [1.54, 1.807) is 55.4 Å². The Hall–Kier alpha value is -6.30. The number of nitrogens with one attached hydrogen (secondary N) is 1. The van der Waals surface area contributed by atoms with Gasteiger partial charge in [0.1, 0.15) is 11.4 Å². The van der Waals surface area contributed by atoms with Gasteiger partial charge in [-0.05, 0) is 44.5 Å². The van der Waals surface area contributed by atoms with Gasteiger partial charge in [-0.3, -0.25) is 14.5 Å². The topological polar surface area (TPSA) is 143 Å². The van der Waals surface area contributed by atoms with Crippen LogP contribution >= 0.6 is 0 Å². The number of nitrogens with zero attached hydrogens (tertiary/aromatic N) is 5. The number of benzene rings is 3. The number of esters is 3. The molecule has 0 aliphatic rings. The predicted octanol–water partition coefficient (Wildman–Crippen LogP) is 6.78. The summed E-state index contributed by atoms with van der Waals surface area (Å²) in [6.07, 6.45) is 0. The van der Waals surface area contributed by atoms with Crippen LogP contribution in [-0.2, 0) is 28.3 Å². The summed E-state index contributed by atoms with van der Waals surface area (Å²) in [5.74, 6) is -1.10. The van der Waals surface area contributed by atoms with E-state index in [2.05, 4.69) is 20.4 Å². The van der Waals surface area contributed by atoms with Gasteiger partial charge in [0.15, 0.2) is 5.69 Å². The van der Waals surface area contributed by atoms with Gasteiger partial charge >= 0.3 is 17.9 Å². The molecular weight excluding hydrogens is 636 g/mol. The van der Waals surface area contributed by atoms with Gasteiger partial charge in [0.05, 0.1) is 36.9 Å². The molecule has 3 aromatic carbocycles. The van der Waals surface area contributed by atoms with E-state index in [0.29, 0.717) is 36.9 Å². The van der Waals surface area contributed by atoms with Crippen molar-refractivity contribution in [2.75, 3.05) is 19.8 Å². The number of ether oxygens (including phenoxy) is 3. The van der Waals surface area contributed by atoms with Crippen molar-refractivity contribution in [2.45, 2.75) is 20.8 Å². The van der Waals surface area contributed by atoms with E-state index in [9.17, 15) is 14.4 Å². The van der Waals surface area contributed by atoms with Gasteiger partial charge in [0, 0.05) is 25.2 Å². The van der Waals surface area contributed by atoms with Crippen LogP contribution in [0.3, 0.4) is 0 Å². The molecule has 0 aliphatic carbocycles. The summed E-state index contributed by atoms with van der Waals surface area (Å²) >= 11 is 0. The first-order valence-electron chi connectivity index (χ1n) is 16.1. The van der Waals surface area contributed by atoms with Crippen LogP contribution in [0.2, 0.25) is 0 Å². The summed E-state index contributed by atoms with van der Waals surface area (Å²) in [7, 11) is 3.55. The van der Waals surface area contributed by atoms with E-state index < -0.39 is 0 Å². The summed E-state index contributed by atoms with van der Waals surface area (Å²) in [6.45, 7) is 6.41. The number of aromatic amines is 1. The smallest absolute Gasteiger partial charge is 0.358 e. The fourth-order valence-electron chi connectivity index (χ4n) is 4.66. The van der Waals surface area contributed by atoms with Gasteiger partial charge in [-0.1, -0.05) is 91.0 Å². The Morgan fingerprint density at radius 1 is 0.580 bits per heavy atom. The maximum absolute atomic E-state index is 11.6. The van der Waals surface area contributed by atoms with Gasteiger partial charge in [0.25, 0.3) is 0 Å². The van der Waals surface area contributed by atoms with E-state index >= 15 is 0 Å². The highest BCUT2D eigenvalue weighted by molar-refractivity contribution is 5.90. The number of carbonyl (C=O) groups excluding carboxylic acids is 3. The quantitative estimate of drug-likeness (QED) is 0.129. The van der Waals surface area contributed by atoms with E-state index in [1.165, 1.54) is 0 Å². The summed E-state index contributed by atoms with van der Waals surface area (Å²) in [4.78, 5) is 34.6. The van der Waals surface area contributed by atoms with Crippen LogP contribution in [0.5, 0.6) is 0 Å². The first-order chi connectivity index (χ1) is 24.2. The van der Waals surface area contributed by atoms with Crippen molar-refractivity contribution in [3.63, 3.8) is 0 Å². The lowest BCUT2D eigenvalue weighted by atomic mass is 10.1. The van der Waals surface area contributed by atoms with Gasteiger partial charge < -0.3 is 14.2 Å². The number of carbonyl (C=O) groups is 3. The normalized spacial score (nSPS) is 10.2. The van der Waals surface area contributed by atoms with Gasteiger partial charge in [0.2, 0.25) is 0 Å². The summed E-state index contributed by atoms with van der Waals surface area (Å²) in [6, 6.07) is 34.4. The third-order valence-corrected chi connectivity index (χ3v) is 7.01. The molecule has 0 atom stereocenters. The number of aromatic nitrogens is 6. The third kappa shape index (κ3) is 9.86. The molecule has 6 aromatic rings. The standard InChI is InChI=1S/2C13H14N2O2.C12H12N2O2/c1-3-17-13(16)11-9-12(15(2)14-11)10-7-5-4-6-8-10;1-3-17-13(16)12-9-11(14-15(12)2)10-7-5-4-6-8-10;1-2-16-12(15)11-8-10(13-14-11)9-6-4-3-5-7-9/h2*4-9H,3H2,1-2H3;3-8H,2H2,1H3,(H,13,14). The Labute approximate surface area is 290 Å². The SMILES string of the molecule is CCOC(=O)c1cc(-c2ccccc2)n(C)n1.CCOC(=O)c1cc(-c2ccccc2)n[nH]1.CCOC(=O)c1cc(-c2ccccc2)nn1C. The highest BCUT2D eigenvalue weighted by atomic mass is 16.5. The van der Waals surface area contributed by atoms with Crippen LogP contribution in [0, 0.1) is 0 Å². The number of hydrogen-bond donors (Lipinski definition) is 1. The summed E-state index contributed by atoms with van der Waals surface area (Å²) < 4.78 is 18.0. The largest absolute Gasteiger partial charge is 0.461 e. The van der Waals surface area contributed by atoms with E-state index in [1.807, 2.05) is 98.0 Å². The van der Waals surface area contributed by atoms with Gasteiger partial charge in [-0.2, -0.15) is 15.3 Å². The molecule has 0 bridgehead atoms. The molecule has 0 saturated carbocycles. The molecule has 0 fully saturated rings. The third-order valence-electron chi connectivity index (χ3n) is 7.01. The second-order valence-corrected chi connectivity index (χ2v) is 10.5. The van der Waals surface area contributed by atoms with Crippen LogP contribution in [0.15, 0.2) is 109 Å². The van der Waals surface area contributed by atoms with Crippen molar-refractivity contribution in [2.24, 2.45) is 14.1 Å². The maximum Gasteiger partial charge on any atom is 0.358 e. The Morgan fingerprint density at radius 2 is 1.08 bits per heavy atom. The fraction of sp³-hybridized carbons (Fsp3) is 0.211. The molecule has 6 rings (SSSR count). The molecular formula is C38H40N6O6. The number of rotatable bonds is 9. The molecule has 50 heavy (non-hydrogen) atoms. The number of aryl methyl sites for hydroxylation is 2. The molecule has 3 aromatic heterocycles. The first-order valence-corrected chi connectivity index (χ1v) is 16.1. The zero-order valence-corrected chi connectivity index (χ0v) is 28.7. The molecule has 0 spiro atoms. The predicted molar refractivity (Wildman–Crippen MR) is 189 cm³/mol. The lowest BCUT2D eigenvalue weighted by molar-refractivity contribution is 0.0505. The summed E-state index contributed by atoms with van der Waals surface area (Å²) in [5, 5.41) is 15.2. The molecule has 3 heterocycles. The maximum atomic E-state index is 11.6. The van der Waals surface area contributed by atoms with E-state index in [0.717, 1.165) is 33.8 Å². The molecule has 1 N–H and O–H groups in total. The van der Waals surface area contributed by atoms with Gasteiger partial charge in [-0.25, -0.2) is 14.4 Å². The number of H-pyrrole nitrogens is 1. The average Bonchev–Trinajstić information content (AvgIpc) is 3.89. The highest BCUT2D eigenvalue weighted by Gasteiger charge is 2.16. The van der Waals surface area contributed by atoms with Gasteiger partial charge in [-0.15, -0.1) is 0 Å². The lowest BCUT2D eigenvalue weighted by Gasteiger charge is -1.99. The zero-order valence-electron chi connectivity index (χ0n) is 28.7. The number of hydrogen-bond acceptors (Lipinski definition) is 9. The van der Waals surface area contributed by atoms with E-state index in [4.69, 9.17) is 14.2 Å². The Morgan fingerprint density at radius 3 is 1.64 bits per heavy atom. The summed E-state index contributed by atoms with van der Waals surface area (Å²) in [5.41, 5.74) is 6.57. The second-order valence-electron chi connectivity index (χ2n) is 10.5. The van der Waals surface area contributed by atoms with Crippen LogP contribution < -0.4 is 0 Å². The van der Waals surface area contributed by atoms with Crippen LogP contribution in [0.1, 0.15) is 52.2 Å². The molecule has 0 aliphatic heterocycles. The van der Waals surface area contributed by atoms with Crippen LogP contribution in [0.4, 0.5) is 0 Å². The molecule has 0 radical (unpaired) electrons. The Kier molecular flexibility index (Phi) is 13.4. The highest BCUT2D eigenvalue weighted by Crippen LogP contribution is 2.21. The molecule has 0 saturated heterocycles. The Balaban J connectivity index is 0.000000169. The van der Waals surface area contributed by atoms with Crippen molar-refractivity contribution >= 4 is 17.9 Å². The van der Waals surface area contributed by atoms with Crippen molar-refractivity contribution in [1.82, 2.24) is 29.8 Å². The second kappa shape index (κ2) is 18.3. The monoisotopic (exact) mass is 676 g/mol. The van der Waals surface area contributed by atoms with Crippen molar-refractivity contribution in [3.05, 3.63) is 126 Å². The lowest BCUT2D eigenvalue weighted by Crippen LogP contribution is -2.10. The average molecular weight is 677 g/mol. The van der Waals surface area contributed by atoms with Crippen molar-refractivity contribution < 1.29 is 28.6 Å². The van der Waals surface area contributed by atoms with E-state index in [-0.39, 0.29) is 17.9 Å². The Bertz CT molecular complexity index is 1970. The van der Waals surface area contributed by atoms with Crippen molar-refractivity contribution in [1.29, 1.82) is 0 Å². The molecule has 12 nitrogen and oxygen atoms in total. The van der Waals surface area contributed by atoms with Crippen molar-refractivity contribution in [3.8, 4) is 33.8 Å². The molecule has 0 unspecified atom stereocenters. The minimum atomic E-state index is -0.384. The molecule has 258 valence electrons. The molecule has 0 amide bonds. The minimum absolute atomic E-state index is 0.341. The minimum Gasteiger partial charge on any atom is -0.461 e.